The van der Waals surface area contributed by atoms with Crippen LogP contribution in [0.15, 0.2) is 24.3 Å². The molecule has 1 aliphatic carbocycles. The molecule has 0 aromatic heterocycles. The van der Waals surface area contributed by atoms with Crippen LogP contribution in [-0.4, -0.2) is 11.6 Å². The molecule has 2 aromatic carbocycles. The molecule has 100 valence electrons. The highest BCUT2D eigenvalue weighted by Crippen LogP contribution is 2.41. The van der Waals surface area contributed by atoms with Crippen molar-refractivity contribution < 1.29 is 9.59 Å². The number of benzene rings is 2. The quantitative estimate of drug-likeness (QED) is 0.532. The molecule has 0 amide bonds. The molecule has 0 heterocycles. The van der Waals surface area contributed by atoms with E-state index in [-0.39, 0.29) is 53.9 Å². The first kappa shape index (κ1) is 13.9. The monoisotopic (exact) mass is 344 g/mol. The van der Waals surface area contributed by atoms with Gasteiger partial charge in [-0.25, -0.2) is 0 Å². The number of rotatable bonds is 0. The van der Waals surface area contributed by atoms with Gasteiger partial charge in [-0.05, 0) is 12.1 Å². The van der Waals surface area contributed by atoms with Crippen LogP contribution in [0, 0.1) is 0 Å². The second kappa shape index (κ2) is 4.74. The van der Waals surface area contributed by atoms with E-state index in [9.17, 15) is 9.59 Å². The zero-order chi connectivity index (χ0) is 14.6. The highest BCUT2D eigenvalue weighted by molar-refractivity contribution is 6.51. The third-order valence-corrected chi connectivity index (χ3v) is 4.70. The maximum atomic E-state index is 12.5. The molecular formula is C14H4Cl4O2. The average molecular weight is 346 g/mol. The van der Waals surface area contributed by atoms with Gasteiger partial charge < -0.3 is 0 Å². The minimum atomic E-state index is -0.388. The van der Waals surface area contributed by atoms with Crippen molar-refractivity contribution in [2.45, 2.75) is 0 Å². The fourth-order valence-electron chi connectivity index (χ4n) is 2.21. The Bertz CT molecular complexity index is 794. The first-order valence-electron chi connectivity index (χ1n) is 5.49. The lowest BCUT2D eigenvalue weighted by atomic mass is 9.84. The summed E-state index contributed by atoms with van der Waals surface area (Å²) in [6.07, 6.45) is 0. The van der Waals surface area contributed by atoms with Gasteiger partial charge in [0.1, 0.15) is 0 Å². The topological polar surface area (TPSA) is 34.1 Å². The molecule has 0 radical (unpaired) electrons. The fraction of sp³-hybridized carbons (Fsp3) is 0. The van der Waals surface area contributed by atoms with Crippen LogP contribution in [0.5, 0.6) is 0 Å². The van der Waals surface area contributed by atoms with Crippen molar-refractivity contribution in [3.05, 3.63) is 66.6 Å². The first-order valence-corrected chi connectivity index (χ1v) is 7.00. The maximum Gasteiger partial charge on any atom is 0.196 e. The van der Waals surface area contributed by atoms with E-state index in [0.29, 0.717) is 0 Å². The van der Waals surface area contributed by atoms with Crippen LogP contribution in [0.2, 0.25) is 20.1 Å². The predicted molar refractivity (Wildman–Crippen MR) is 79.8 cm³/mol. The minimum absolute atomic E-state index is 0.0156. The van der Waals surface area contributed by atoms with E-state index in [0.717, 1.165) is 0 Å². The predicted octanol–water partition coefficient (Wildman–Crippen LogP) is 5.08. The Balaban J connectivity index is 2.41. The lowest BCUT2D eigenvalue weighted by molar-refractivity contribution is 0.0979. The summed E-state index contributed by atoms with van der Waals surface area (Å²) in [7, 11) is 0. The second-order valence-corrected chi connectivity index (χ2v) is 5.80. The summed E-state index contributed by atoms with van der Waals surface area (Å²) in [5.74, 6) is -0.777. The lowest BCUT2D eigenvalue weighted by Gasteiger charge is -2.20. The number of halogens is 4. The van der Waals surface area contributed by atoms with Crippen LogP contribution >= 0.6 is 46.4 Å². The second-order valence-electron chi connectivity index (χ2n) is 4.23. The van der Waals surface area contributed by atoms with Gasteiger partial charge in [-0.1, -0.05) is 58.5 Å². The van der Waals surface area contributed by atoms with Crippen molar-refractivity contribution >= 4 is 58.0 Å². The van der Waals surface area contributed by atoms with Gasteiger partial charge in [-0.2, -0.15) is 0 Å². The van der Waals surface area contributed by atoms with Crippen LogP contribution in [0.25, 0.3) is 0 Å². The molecule has 0 atom stereocenters. The van der Waals surface area contributed by atoms with Crippen molar-refractivity contribution in [3.8, 4) is 0 Å². The van der Waals surface area contributed by atoms with Gasteiger partial charge in [0.25, 0.3) is 0 Å². The molecule has 0 saturated carbocycles. The van der Waals surface area contributed by atoms with Crippen molar-refractivity contribution in [2.24, 2.45) is 0 Å². The van der Waals surface area contributed by atoms with Gasteiger partial charge in [-0.3, -0.25) is 9.59 Å². The molecule has 0 spiro atoms. The molecule has 2 nitrogen and oxygen atoms in total. The number of fused-ring (bicyclic) bond motifs is 2. The Morgan fingerprint density at radius 3 is 2.05 bits per heavy atom. The molecule has 0 aliphatic heterocycles. The fourth-order valence-corrected chi connectivity index (χ4v) is 3.16. The maximum absolute atomic E-state index is 12.5. The SMILES string of the molecule is O=C1c2cc(Cl)c(Cl)c(Cl)c2C(=O)c2cccc(Cl)c21. The normalized spacial score (nSPS) is 13.2. The van der Waals surface area contributed by atoms with Crippen LogP contribution in [-0.2, 0) is 0 Å². The van der Waals surface area contributed by atoms with Gasteiger partial charge in [-0.15, -0.1) is 0 Å². The molecule has 0 unspecified atom stereocenters. The zero-order valence-corrected chi connectivity index (χ0v) is 12.7. The van der Waals surface area contributed by atoms with Gasteiger partial charge in [0.05, 0.1) is 31.2 Å². The summed E-state index contributed by atoms with van der Waals surface area (Å²) in [5, 5.41) is 0.373. The Labute approximate surface area is 134 Å². The average Bonchev–Trinajstić information content (AvgIpc) is 2.41. The number of carbonyl (C=O) groups excluding carboxylic acids is 2. The number of ketones is 2. The van der Waals surface area contributed by atoms with Gasteiger partial charge in [0.2, 0.25) is 0 Å². The molecule has 0 N–H and O–H groups in total. The van der Waals surface area contributed by atoms with E-state index in [2.05, 4.69) is 0 Å². The Morgan fingerprint density at radius 2 is 1.35 bits per heavy atom. The number of hydrogen-bond donors (Lipinski definition) is 0. The summed E-state index contributed by atoms with van der Waals surface area (Å²) in [6.45, 7) is 0. The van der Waals surface area contributed by atoms with E-state index in [1.54, 1.807) is 12.1 Å². The summed E-state index contributed by atoms with van der Waals surface area (Å²) < 4.78 is 0. The first-order chi connectivity index (χ1) is 9.43. The summed E-state index contributed by atoms with van der Waals surface area (Å²) >= 11 is 23.9. The summed E-state index contributed by atoms with van der Waals surface area (Å²) in [6, 6.07) is 6.03. The third kappa shape index (κ3) is 1.80. The molecule has 20 heavy (non-hydrogen) atoms. The van der Waals surface area contributed by atoms with E-state index < -0.39 is 0 Å². The van der Waals surface area contributed by atoms with Crippen LogP contribution in [0.4, 0.5) is 0 Å². The van der Waals surface area contributed by atoms with Gasteiger partial charge >= 0.3 is 0 Å². The molecule has 0 saturated heterocycles. The molecule has 3 rings (SSSR count). The summed E-state index contributed by atoms with van der Waals surface area (Å²) in [4.78, 5) is 25.0. The van der Waals surface area contributed by atoms with Crippen LogP contribution < -0.4 is 0 Å². The van der Waals surface area contributed by atoms with Crippen molar-refractivity contribution in [2.75, 3.05) is 0 Å². The van der Waals surface area contributed by atoms with Crippen LogP contribution in [0.1, 0.15) is 31.8 Å². The standard InChI is InChI=1S/C14H4Cl4O2/c15-7-3-1-2-5-9(7)14(20)6-4-8(16)11(17)12(18)10(6)13(5)19/h1-4H. The van der Waals surface area contributed by atoms with Gasteiger partial charge in [0.15, 0.2) is 11.6 Å². The highest BCUT2D eigenvalue weighted by atomic mass is 35.5. The van der Waals surface area contributed by atoms with Crippen molar-refractivity contribution in [3.63, 3.8) is 0 Å². The van der Waals surface area contributed by atoms with Crippen molar-refractivity contribution in [1.29, 1.82) is 0 Å². The Morgan fingerprint density at radius 1 is 0.700 bits per heavy atom. The minimum Gasteiger partial charge on any atom is -0.289 e. The number of carbonyl (C=O) groups is 2. The van der Waals surface area contributed by atoms with E-state index >= 15 is 0 Å². The lowest BCUT2D eigenvalue weighted by Crippen LogP contribution is -2.22. The Hall–Kier alpha value is -1.06. The van der Waals surface area contributed by atoms with E-state index in [1.807, 2.05) is 0 Å². The molecule has 0 bridgehead atoms. The molecule has 6 heteroatoms. The molecular weight excluding hydrogens is 342 g/mol. The zero-order valence-electron chi connectivity index (χ0n) is 9.64. The highest BCUT2D eigenvalue weighted by Gasteiger charge is 2.34. The molecule has 0 fully saturated rings. The summed E-state index contributed by atoms with van der Waals surface area (Å²) in [5.41, 5.74) is 0.576. The molecule has 1 aliphatic rings. The number of hydrogen-bond acceptors (Lipinski definition) is 2. The third-order valence-electron chi connectivity index (χ3n) is 3.12. The van der Waals surface area contributed by atoms with Crippen molar-refractivity contribution in [1.82, 2.24) is 0 Å². The Kier molecular flexibility index (Phi) is 3.30. The molecule has 2 aromatic rings. The van der Waals surface area contributed by atoms with E-state index in [1.165, 1.54) is 12.1 Å². The van der Waals surface area contributed by atoms with Crippen LogP contribution in [0.3, 0.4) is 0 Å². The van der Waals surface area contributed by atoms with Gasteiger partial charge in [0, 0.05) is 11.1 Å². The largest absolute Gasteiger partial charge is 0.289 e. The van der Waals surface area contributed by atoms with E-state index in [4.69, 9.17) is 46.4 Å². The smallest absolute Gasteiger partial charge is 0.196 e.